The second-order valence-corrected chi connectivity index (χ2v) is 1.51. The predicted octanol–water partition coefficient (Wildman–Crippen LogP) is 1.75. The Balaban J connectivity index is -0.0000000821. The first-order valence-corrected chi connectivity index (χ1v) is 3.63. The maximum Gasteiger partial charge on any atom is 0.0662 e. The lowest BCUT2D eigenvalue weighted by molar-refractivity contribution is 0.186. The van der Waals surface area contributed by atoms with Gasteiger partial charge in [-0.05, 0) is 0 Å². The van der Waals surface area contributed by atoms with Crippen molar-refractivity contribution in [3.05, 3.63) is 26.3 Å². The molecular weight excluding hydrogens is 140 g/mol. The molecule has 1 aliphatic rings. The van der Waals surface area contributed by atoms with E-state index in [1.807, 2.05) is 0 Å². The molecule has 0 spiro atoms. The summed E-state index contributed by atoms with van der Waals surface area (Å²) in [7, 11) is 0. The van der Waals surface area contributed by atoms with E-state index >= 15 is 0 Å². The smallest absolute Gasteiger partial charge is 0.0662 e. The predicted molar refractivity (Wildman–Crippen MR) is 50.5 cm³/mol. The Morgan fingerprint density at radius 2 is 0.909 bits per heavy atom. The van der Waals surface area contributed by atoms with Crippen LogP contribution in [-0.4, -0.2) is 23.4 Å². The summed E-state index contributed by atoms with van der Waals surface area (Å²) in [5, 5.41) is 15.2. The van der Waals surface area contributed by atoms with Crippen LogP contribution < -0.4 is 0 Å². The van der Waals surface area contributed by atoms with Crippen LogP contribution in [0.4, 0.5) is 0 Å². The lowest BCUT2D eigenvalue weighted by Crippen LogP contribution is -1.85. The van der Waals surface area contributed by atoms with Crippen LogP contribution in [-0.2, 0) is 0 Å². The van der Waals surface area contributed by atoms with Crippen LogP contribution in [0.15, 0.2) is 26.3 Å². The molecule has 1 aliphatic carbocycles. The van der Waals surface area contributed by atoms with Crippen molar-refractivity contribution >= 4 is 0 Å². The van der Waals surface area contributed by atoms with Gasteiger partial charge in [-0.3, -0.25) is 0 Å². The Morgan fingerprint density at radius 3 is 0.909 bits per heavy atom. The van der Waals surface area contributed by atoms with E-state index in [-0.39, 0.29) is 13.2 Å². The third kappa shape index (κ3) is 263. The highest BCUT2D eigenvalue weighted by Gasteiger charge is 1.95. The maximum atomic E-state index is 7.62. The zero-order valence-corrected chi connectivity index (χ0v) is 7.26. The molecule has 0 amide bonds. The normalized spacial score (nSPS) is 10.0. The van der Waals surface area contributed by atoms with Crippen LogP contribution in [0.2, 0.25) is 0 Å². The first kappa shape index (κ1) is 16.8. The Kier molecular flexibility index (Phi) is 52.3. The summed E-state index contributed by atoms with van der Waals surface area (Å²) in [6.45, 7) is 11.8. The van der Waals surface area contributed by atoms with Crippen molar-refractivity contribution in [1.29, 1.82) is 0 Å². The minimum atomic E-state index is -0.125. The van der Waals surface area contributed by atoms with Crippen LogP contribution in [0.3, 0.4) is 0 Å². The van der Waals surface area contributed by atoms with Gasteiger partial charge >= 0.3 is 0 Å². The molecule has 2 nitrogen and oxygen atoms in total. The Hall–Kier alpha value is -0.600. The quantitative estimate of drug-likeness (QED) is 0.574. The summed E-state index contributed by atoms with van der Waals surface area (Å²) in [4.78, 5) is 0. The highest BCUT2D eigenvalue weighted by molar-refractivity contribution is 4.50. The fourth-order valence-electron chi connectivity index (χ4n) is 0. The molecule has 0 unspecified atom stereocenters. The average Bonchev–Trinajstić information content (AvgIpc) is 2.97. The zero-order valence-electron chi connectivity index (χ0n) is 7.26. The third-order valence-electron chi connectivity index (χ3n) is 0.454. The van der Waals surface area contributed by atoms with Gasteiger partial charge in [0.1, 0.15) is 0 Å². The van der Waals surface area contributed by atoms with Gasteiger partial charge in [0.25, 0.3) is 0 Å². The molecule has 68 valence electrons. The van der Waals surface area contributed by atoms with Gasteiger partial charge in [-0.1, -0.05) is 19.3 Å². The lowest BCUT2D eigenvalue weighted by atomic mass is 10.8. The molecule has 0 aliphatic heterocycles. The molecule has 2 N–H and O–H groups in total. The molecule has 11 heavy (non-hydrogen) atoms. The van der Waals surface area contributed by atoms with Crippen molar-refractivity contribution in [1.82, 2.24) is 0 Å². The number of aliphatic hydroxyl groups excluding tert-OH is 2. The van der Waals surface area contributed by atoms with Gasteiger partial charge in [0.15, 0.2) is 0 Å². The van der Waals surface area contributed by atoms with Gasteiger partial charge in [0.05, 0.1) is 13.2 Å². The Bertz CT molecular complexity index is 38.1. The van der Waals surface area contributed by atoms with E-state index in [1.165, 1.54) is 19.3 Å². The molecular formula is C9H20O2. The molecule has 1 rings (SSSR count). The topological polar surface area (TPSA) is 40.5 Å². The van der Waals surface area contributed by atoms with Crippen molar-refractivity contribution in [2.75, 3.05) is 13.2 Å². The largest absolute Gasteiger partial charge is 0.394 e. The molecule has 0 radical (unpaired) electrons. The molecule has 0 saturated heterocycles. The molecule has 0 aromatic rings. The first-order valence-electron chi connectivity index (χ1n) is 3.63. The minimum Gasteiger partial charge on any atom is -0.394 e. The summed E-state index contributed by atoms with van der Waals surface area (Å²) in [5.41, 5.74) is 0. The van der Waals surface area contributed by atoms with E-state index in [9.17, 15) is 0 Å². The van der Waals surface area contributed by atoms with Crippen molar-refractivity contribution in [2.24, 2.45) is 0 Å². The lowest BCUT2D eigenvalue weighted by Gasteiger charge is -1.70. The summed E-state index contributed by atoms with van der Waals surface area (Å²) in [6, 6.07) is 0. The Morgan fingerprint density at radius 1 is 0.727 bits per heavy atom. The molecule has 1 fully saturated rings. The highest BCUT2D eigenvalue weighted by atomic mass is 16.3. The van der Waals surface area contributed by atoms with E-state index < -0.39 is 0 Å². The van der Waals surface area contributed by atoms with Crippen molar-refractivity contribution in [3.8, 4) is 0 Å². The standard InChI is InChI=1S/C3H6.C2H6O2.2C2H4/c1-2-3-1;3-1-2-4;2*1-2/h1-3H2;3-4H,1-2H2;2*1-2H2. The summed E-state index contributed by atoms with van der Waals surface area (Å²) in [5.74, 6) is 0. The fourth-order valence-corrected chi connectivity index (χ4v) is 0. The first-order chi connectivity index (χ1) is 5.41. The van der Waals surface area contributed by atoms with Crippen LogP contribution in [0, 0.1) is 0 Å². The molecule has 0 heterocycles. The maximum absolute atomic E-state index is 7.62. The van der Waals surface area contributed by atoms with Gasteiger partial charge < -0.3 is 10.2 Å². The van der Waals surface area contributed by atoms with Crippen LogP contribution >= 0.6 is 0 Å². The second-order valence-electron chi connectivity index (χ2n) is 1.51. The van der Waals surface area contributed by atoms with E-state index in [4.69, 9.17) is 10.2 Å². The van der Waals surface area contributed by atoms with Crippen molar-refractivity contribution in [3.63, 3.8) is 0 Å². The van der Waals surface area contributed by atoms with Gasteiger partial charge in [0.2, 0.25) is 0 Å². The zero-order chi connectivity index (χ0) is 9.54. The van der Waals surface area contributed by atoms with Crippen molar-refractivity contribution < 1.29 is 10.2 Å². The summed E-state index contributed by atoms with van der Waals surface area (Å²) >= 11 is 0. The third-order valence-corrected chi connectivity index (χ3v) is 0.454. The summed E-state index contributed by atoms with van der Waals surface area (Å²) in [6.07, 6.45) is 4.50. The van der Waals surface area contributed by atoms with Crippen LogP contribution in [0.25, 0.3) is 0 Å². The van der Waals surface area contributed by atoms with Crippen LogP contribution in [0.1, 0.15) is 19.3 Å². The minimum absolute atomic E-state index is 0.125. The van der Waals surface area contributed by atoms with E-state index in [0.717, 1.165) is 0 Å². The highest BCUT2D eigenvalue weighted by Crippen LogP contribution is 2.14. The van der Waals surface area contributed by atoms with Crippen molar-refractivity contribution in [2.45, 2.75) is 19.3 Å². The molecule has 0 bridgehead atoms. The van der Waals surface area contributed by atoms with Gasteiger partial charge in [-0.2, -0.15) is 0 Å². The van der Waals surface area contributed by atoms with Gasteiger partial charge in [-0.25, -0.2) is 0 Å². The molecule has 0 aromatic heterocycles. The molecule has 1 saturated carbocycles. The molecule has 0 aromatic carbocycles. The molecule has 0 atom stereocenters. The number of aliphatic hydroxyl groups is 2. The number of hydrogen-bond acceptors (Lipinski definition) is 2. The Labute approximate surface area is 69.9 Å². The SMILES string of the molecule is C1CC1.C=C.C=C.OCCO. The number of rotatable bonds is 1. The van der Waals surface area contributed by atoms with Gasteiger partial charge in [0, 0.05) is 0 Å². The van der Waals surface area contributed by atoms with E-state index in [1.54, 1.807) is 0 Å². The van der Waals surface area contributed by atoms with Crippen LogP contribution in [0.5, 0.6) is 0 Å². The fraction of sp³-hybridized carbons (Fsp3) is 0.556. The number of hydrogen-bond donors (Lipinski definition) is 2. The van der Waals surface area contributed by atoms with Gasteiger partial charge in [-0.15, -0.1) is 26.3 Å². The molecule has 2 heteroatoms. The average molecular weight is 160 g/mol. The van der Waals surface area contributed by atoms with E-state index in [2.05, 4.69) is 26.3 Å². The summed E-state index contributed by atoms with van der Waals surface area (Å²) < 4.78 is 0. The second kappa shape index (κ2) is 34.3. The monoisotopic (exact) mass is 160 g/mol. The van der Waals surface area contributed by atoms with E-state index in [0.29, 0.717) is 0 Å².